The smallest absolute Gasteiger partial charge is 0.0555 e. The van der Waals surface area contributed by atoms with Crippen molar-refractivity contribution in [1.82, 2.24) is 0 Å². The minimum absolute atomic E-state index is 0.435. The molecule has 1 aromatic rings. The van der Waals surface area contributed by atoms with E-state index < -0.39 is 0 Å². The van der Waals surface area contributed by atoms with Gasteiger partial charge in [-0.05, 0) is 17.4 Å². The fourth-order valence-corrected chi connectivity index (χ4v) is 3.16. The summed E-state index contributed by atoms with van der Waals surface area (Å²) in [6.07, 6.45) is 0. The van der Waals surface area contributed by atoms with Crippen LogP contribution >= 0.6 is 23.1 Å². The van der Waals surface area contributed by atoms with E-state index in [1.54, 1.807) is 11.3 Å². The van der Waals surface area contributed by atoms with Crippen LogP contribution in [0, 0.1) is 17.8 Å². The van der Waals surface area contributed by atoms with Crippen molar-refractivity contribution >= 4 is 23.1 Å². The van der Waals surface area contributed by atoms with Crippen LogP contribution in [0.1, 0.15) is 31.2 Å². The standard InChI is InChI=1S/C13H19NS2/c1-10(2)11(3)16-9-13-12(5-4-7-14)6-8-15-13/h6,8,10-11H,7,9,14H2,1-3H3. The fraction of sp³-hybridized carbons (Fsp3) is 0.538. The summed E-state index contributed by atoms with van der Waals surface area (Å²) in [5.74, 6) is 7.83. The highest BCUT2D eigenvalue weighted by atomic mass is 32.2. The van der Waals surface area contributed by atoms with Gasteiger partial charge in [0.1, 0.15) is 0 Å². The van der Waals surface area contributed by atoms with E-state index in [0.717, 1.165) is 17.2 Å². The van der Waals surface area contributed by atoms with Gasteiger partial charge in [-0.3, -0.25) is 0 Å². The number of hydrogen-bond acceptors (Lipinski definition) is 3. The van der Waals surface area contributed by atoms with Crippen LogP contribution in [-0.2, 0) is 5.75 Å². The van der Waals surface area contributed by atoms with Gasteiger partial charge in [-0.2, -0.15) is 11.8 Å². The minimum Gasteiger partial charge on any atom is -0.320 e. The Bertz CT molecular complexity index is 371. The quantitative estimate of drug-likeness (QED) is 0.833. The van der Waals surface area contributed by atoms with Crippen LogP contribution in [-0.4, -0.2) is 11.8 Å². The lowest BCUT2D eigenvalue weighted by atomic mass is 10.2. The lowest BCUT2D eigenvalue weighted by molar-refractivity contribution is 0.642. The molecular weight excluding hydrogens is 234 g/mol. The third-order valence-electron chi connectivity index (χ3n) is 2.49. The van der Waals surface area contributed by atoms with Gasteiger partial charge in [0.05, 0.1) is 6.54 Å². The Hall–Kier alpha value is -0.430. The Balaban J connectivity index is 2.57. The van der Waals surface area contributed by atoms with E-state index in [0.29, 0.717) is 11.8 Å². The molecule has 2 N–H and O–H groups in total. The average molecular weight is 253 g/mol. The second-order valence-corrected chi connectivity index (χ2v) is 6.39. The van der Waals surface area contributed by atoms with Gasteiger partial charge in [0.2, 0.25) is 0 Å². The summed E-state index contributed by atoms with van der Waals surface area (Å²) >= 11 is 3.79. The first kappa shape index (κ1) is 13.6. The van der Waals surface area contributed by atoms with Gasteiger partial charge in [-0.25, -0.2) is 0 Å². The molecule has 1 unspecified atom stereocenters. The Morgan fingerprint density at radius 1 is 1.44 bits per heavy atom. The summed E-state index contributed by atoms with van der Waals surface area (Å²) in [5.41, 5.74) is 6.53. The molecular formula is C13H19NS2. The van der Waals surface area contributed by atoms with Crippen LogP contribution in [0.5, 0.6) is 0 Å². The van der Waals surface area contributed by atoms with Gasteiger partial charge in [0.15, 0.2) is 0 Å². The fourth-order valence-electron chi connectivity index (χ4n) is 1.11. The van der Waals surface area contributed by atoms with Crippen LogP contribution in [0.3, 0.4) is 0 Å². The third-order valence-corrected chi connectivity index (χ3v) is 5.12. The highest BCUT2D eigenvalue weighted by Gasteiger charge is 2.09. The maximum Gasteiger partial charge on any atom is 0.0555 e. The zero-order valence-electron chi connectivity index (χ0n) is 10.1. The van der Waals surface area contributed by atoms with Gasteiger partial charge in [0, 0.05) is 21.4 Å². The highest BCUT2D eigenvalue weighted by molar-refractivity contribution is 7.99. The first-order valence-corrected chi connectivity index (χ1v) is 7.45. The number of thiophene rings is 1. The van der Waals surface area contributed by atoms with Crippen LogP contribution in [0.4, 0.5) is 0 Å². The molecule has 1 nitrogen and oxygen atoms in total. The molecule has 0 radical (unpaired) electrons. The van der Waals surface area contributed by atoms with E-state index in [1.807, 2.05) is 11.8 Å². The van der Waals surface area contributed by atoms with Crippen molar-refractivity contribution in [2.75, 3.05) is 6.54 Å². The second kappa shape index (κ2) is 7.01. The normalized spacial score (nSPS) is 12.3. The molecule has 0 aromatic carbocycles. The first-order valence-electron chi connectivity index (χ1n) is 5.52. The molecule has 1 aromatic heterocycles. The van der Waals surface area contributed by atoms with Gasteiger partial charge in [0.25, 0.3) is 0 Å². The lowest BCUT2D eigenvalue weighted by Gasteiger charge is -2.14. The maximum atomic E-state index is 5.38. The number of nitrogens with two attached hydrogens (primary N) is 1. The van der Waals surface area contributed by atoms with Crippen LogP contribution in [0.25, 0.3) is 0 Å². The molecule has 88 valence electrons. The topological polar surface area (TPSA) is 26.0 Å². The van der Waals surface area contributed by atoms with Crippen molar-refractivity contribution < 1.29 is 0 Å². The average Bonchev–Trinajstić information content (AvgIpc) is 2.70. The Morgan fingerprint density at radius 3 is 2.81 bits per heavy atom. The van der Waals surface area contributed by atoms with E-state index >= 15 is 0 Å². The summed E-state index contributed by atoms with van der Waals surface area (Å²) in [6.45, 7) is 7.25. The molecule has 1 atom stereocenters. The van der Waals surface area contributed by atoms with Gasteiger partial charge >= 0.3 is 0 Å². The zero-order valence-corrected chi connectivity index (χ0v) is 11.8. The van der Waals surface area contributed by atoms with Crippen molar-refractivity contribution in [2.24, 2.45) is 11.7 Å². The molecule has 0 aliphatic rings. The van der Waals surface area contributed by atoms with Crippen molar-refractivity contribution in [2.45, 2.75) is 31.8 Å². The number of hydrogen-bond donors (Lipinski definition) is 1. The van der Waals surface area contributed by atoms with Crippen molar-refractivity contribution in [3.8, 4) is 11.8 Å². The van der Waals surface area contributed by atoms with E-state index in [-0.39, 0.29) is 0 Å². The summed E-state index contributed by atoms with van der Waals surface area (Å²) in [4.78, 5) is 1.37. The van der Waals surface area contributed by atoms with E-state index in [2.05, 4.69) is 44.1 Å². The highest BCUT2D eigenvalue weighted by Crippen LogP contribution is 2.27. The van der Waals surface area contributed by atoms with Gasteiger partial charge in [-0.1, -0.05) is 32.6 Å². The molecule has 1 rings (SSSR count). The molecule has 0 aliphatic carbocycles. The molecule has 16 heavy (non-hydrogen) atoms. The van der Waals surface area contributed by atoms with Crippen molar-refractivity contribution in [3.05, 3.63) is 21.9 Å². The Kier molecular flexibility index (Phi) is 5.97. The molecule has 0 spiro atoms. The van der Waals surface area contributed by atoms with Crippen LogP contribution in [0.15, 0.2) is 11.4 Å². The SMILES string of the molecule is CC(C)C(C)SCc1sccc1C#CCN. The van der Waals surface area contributed by atoms with E-state index in [1.165, 1.54) is 4.88 Å². The molecule has 3 heteroatoms. The summed E-state index contributed by atoms with van der Waals surface area (Å²) in [5, 5.41) is 2.80. The predicted molar refractivity (Wildman–Crippen MR) is 75.8 cm³/mol. The summed E-state index contributed by atoms with van der Waals surface area (Å²) < 4.78 is 0. The largest absolute Gasteiger partial charge is 0.320 e. The Morgan fingerprint density at radius 2 is 2.19 bits per heavy atom. The van der Waals surface area contributed by atoms with Crippen molar-refractivity contribution in [1.29, 1.82) is 0 Å². The molecule has 0 aliphatic heterocycles. The van der Waals surface area contributed by atoms with Crippen molar-refractivity contribution in [3.63, 3.8) is 0 Å². The van der Waals surface area contributed by atoms with Crippen LogP contribution in [0.2, 0.25) is 0 Å². The Labute approximate surface area is 107 Å². The molecule has 0 amide bonds. The molecule has 0 saturated heterocycles. The van der Waals surface area contributed by atoms with E-state index in [9.17, 15) is 0 Å². The van der Waals surface area contributed by atoms with Crippen LogP contribution < -0.4 is 5.73 Å². The van der Waals surface area contributed by atoms with Gasteiger partial charge in [-0.15, -0.1) is 11.3 Å². The first-order chi connectivity index (χ1) is 7.65. The zero-order chi connectivity index (χ0) is 12.0. The summed E-state index contributed by atoms with van der Waals surface area (Å²) in [6, 6.07) is 2.09. The molecule has 0 bridgehead atoms. The predicted octanol–water partition coefficient (Wildman–Crippen LogP) is 3.34. The summed E-state index contributed by atoms with van der Waals surface area (Å²) in [7, 11) is 0. The minimum atomic E-state index is 0.435. The second-order valence-electron chi connectivity index (χ2n) is 4.02. The monoisotopic (exact) mass is 253 g/mol. The van der Waals surface area contributed by atoms with Gasteiger partial charge < -0.3 is 5.73 Å². The molecule has 0 fully saturated rings. The maximum absolute atomic E-state index is 5.38. The number of rotatable bonds is 4. The third kappa shape index (κ3) is 4.21. The molecule has 0 saturated carbocycles. The van der Waals surface area contributed by atoms with E-state index in [4.69, 9.17) is 5.73 Å². The molecule has 1 heterocycles. The lowest BCUT2D eigenvalue weighted by Crippen LogP contribution is -2.05. The number of thioether (sulfide) groups is 1.